The highest BCUT2D eigenvalue weighted by molar-refractivity contribution is 5.97. The number of carbonyl (C=O) groups excluding carboxylic acids is 2. The molecule has 1 fully saturated rings. The third kappa shape index (κ3) is 4.18. The number of nitrogens with one attached hydrogen (secondary N) is 1. The molecule has 30 heavy (non-hydrogen) atoms. The minimum atomic E-state index is -0.887. The molecule has 2 amide bonds. The number of hydrogen-bond acceptors (Lipinski definition) is 5. The number of aromatic nitrogens is 3. The highest BCUT2D eigenvalue weighted by Crippen LogP contribution is 2.26. The van der Waals surface area contributed by atoms with Crippen molar-refractivity contribution in [2.75, 3.05) is 13.1 Å². The highest BCUT2D eigenvalue weighted by Gasteiger charge is 2.35. The summed E-state index contributed by atoms with van der Waals surface area (Å²) in [5, 5.41) is 13.8. The smallest absolute Gasteiger partial charge is 0.252 e. The topological polar surface area (TPSA) is 100 Å². The molecule has 0 bridgehead atoms. The van der Waals surface area contributed by atoms with Crippen molar-refractivity contribution in [3.63, 3.8) is 0 Å². The van der Waals surface area contributed by atoms with E-state index >= 15 is 0 Å². The van der Waals surface area contributed by atoms with Crippen LogP contribution in [0, 0.1) is 0 Å². The van der Waals surface area contributed by atoms with Crippen molar-refractivity contribution >= 4 is 22.8 Å². The van der Waals surface area contributed by atoms with Crippen LogP contribution >= 0.6 is 0 Å². The molecule has 0 spiro atoms. The first-order valence-corrected chi connectivity index (χ1v) is 10.1. The van der Waals surface area contributed by atoms with Gasteiger partial charge < -0.3 is 19.9 Å². The average Bonchev–Trinajstić information content (AvgIpc) is 3.16. The number of carbonyl (C=O) groups is 2. The molecule has 0 radical (unpaired) electrons. The summed E-state index contributed by atoms with van der Waals surface area (Å²) in [6, 6.07) is 8.37. The van der Waals surface area contributed by atoms with Gasteiger partial charge in [0.25, 0.3) is 5.91 Å². The van der Waals surface area contributed by atoms with E-state index in [1.54, 1.807) is 30.2 Å². The van der Waals surface area contributed by atoms with E-state index in [0.29, 0.717) is 38.0 Å². The number of rotatable bonds is 5. The van der Waals surface area contributed by atoms with Crippen LogP contribution in [0.3, 0.4) is 0 Å². The lowest BCUT2D eigenvalue weighted by Gasteiger charge is -2.39. The fourth-order valence-corrected chi connectivity index (χ4v) is 3.90. The summed E-state index contributed by atoms with van der Waals surface area (Å²) in [6.07, 6.45) is 7.71. The summed E-state index contributed by atoms with van der Waals surface area (Å²) in [6.45, 7) is 3.03. The van der Waals surface area contributed by atoms with Crippen LogP contribution in [0.4, 0.5) is 0 Å². The van der Waals surface area contributed by atoms with Crippen LogP contribution in [0.1, 0.15) is 30.1 Å². The summed E-state index contributed by atoms with van der Waals surface area (Å²) >= 11 is 0. The molecular weight excluding hydrogens is 382 g/mol. The molecule has 3 aromatic heterocycles. The van der Waals surface area contributed by atoms with Gasteiger partial charge in [-0.3, -0.25) is 19.6 Å². The molecule has 1 aliphatic rings. The first-order valence-electron chi connectivity index (χ1n) is 10.1. The van der Waals surface area contributed by atoms with E-state index in [9.17, 15) is 14.7 Å². The van der Waals surface area contributed by atoms with E-state index in [1.165, 1.54) is 12.4 Å². The Hall–Kier alpha value is -3.26. The monoisotopic (exact) mass is 407 g/mol. The number of fused-ring (bicyclic) bond motifs is 1. The SMILES string of the molecule is CC(NC(=O)c1ccncc1)C(=O)N1CCC(O)(Cn2ccc3ncccc32)CC1. The molecule has 1 saturated heterocycles. The number of aliphatic hydroxyl groups is 1. The number of hydrogen-bond donors (Lipinski definition) is 2. The first-order chi connectivity index (χ1) is 14.5. The second kappa shape index (κ2) is 8.23. The normalized spacial score (nSPS) is 16.9. The molecule has 4 rings (SSSR count). The Bertz CT molecular complexity index is 1040. The number of pyridine rings is 2. The van der Waals surface area contributed by atoms with Crippen LogP contribution in [-0.4, -0.2) is 61.1 Å². The Morgan fingerprint density at radius 3 is 2.63 bits per heavy atom. The van der Waals surface area contributed by atoms with Crippen LogP contribution < -0.4 is 5.32 Å². The van der Waals surface area contributed by atoms with Crippen molar-refractivity contribution in [2.24, 2.45) is 0 Å². The molecule has 3 aromatic rings. The van der Waals surface area contributed by atoms with Gasteiger partial charge in [0.2, 0.25) is 5.91 Å². The van der Waals surface area contributed by atoms with E-state index < -0.39 is 11.6 Å². The van der Waals surface area contributed by atoms with E-state index in [0.717, 1.165) is 11.0 Å². The van der Waals surface area contributed by atoms with Gasteiger partial charge in [0.05, 0.1) is 23.2 Å². The summed E-state index contributed by atoms with van der Waals surface area (Å²) in [5.41, 5.74) is 1.46. The quantitative estimate of drug-likeness (QED) is 0.669. The molecule has 1 unspecified atom stereocenters. The Morgan fingerprint density at radius 2 is 1.90 bits per heavy atom. The van der Waals surface area contributed by atoms with Crippen LogP contribution in [0.2, 0.25) is 0 Å². The van der Waals surface area contributed by atoms with Gasteiger partial charge in [0.15, 0.2) is 0 Å². The predicted molar refractivity (Wildman–Crippen MR) is 112 cm³/mol. The fraction of sp³-hybridized carbons (Fsp3) is 0.364. The summed E-state index contributed by atoms with van der Waals surface area (Å²) in [5.74, 6) is -0.449. The number of nitrogens with zero attached hydrogens (tertiary/aromatic N) is 4. The van der Waals surface area contributed by atoms with Gasteiger partial charge >= 0.3 is 0 Å². The number of amides is 2. The maximum Gasteiger partial charge on any atom is 0.252 e. The molecule has 8 heteroatoms. The van der Waals surface area contributed by atoms with Crippen molar-refractivity contribution in [3.8, 4) is 0 Å². The van der Waals surface area contributed by atoms with Gasteiger partial charge in [-0.05, 0) is 50.1 Å². The van der Waals surface area contributed by atoms with Gasteiger partial charge in [-0.15, -0.1) is 0 Å². The minimum absolute atomic E-state index is 0.143. The Labute approximate surface area is 174 Å². The summed E-state index contributed by atoms with van der Waals surface area (Å²) in [4.78, 5) is 35.0. The van der Waals surface area contributed by atoms with E-state index in [-0.39, 0.29) is 11.8 Å². The van der Waals surface area contributed by atoms with E-state index in [2.05, 4.69) is 15.3 Å². The molecule has 8 nitrogen and oxygen atoms in total. The van der Waals surface area contributed by atoms with Crippen LogP contribution in [-0.2, 0) is 11.3 Å². The lowest BCUT2D eigenvalue weighted by Crippen LogP contribution is -2.53. The third-order valence-electron chi connectivity index (χ3n) is 5.67. The number of likely N-dealkylation sites (tertiary alicyclic amines) is 1. The second-order valence-corrected chi connectivity index (χ2v) is 7.83. The molecule has 156 valence electrons. The molecule has 0 aromatic carbocycles. The van der Waals surface area contributed by atoms with Crippen molar-refractivity contribution in [3.05, 3.63) is 60.7 Å². The van der Waals surface area contributed by atoms with Gasteiger partial charge in [-0.2, -0.15) is 0 Å². The standard InChI is InChI=1S/C22H25N5O3/c1-16(25-20(28)17-4-10-23-11-5-17)21(29)26-13-7-22(30,8-14-26)15-27-12-6-18-19(27)3-2-9-24-18/h2-6,9-12,16,30H,7-8,13-15H2,1H3,(H,25,28). The maximum atomic E-state index is 12.8. The third-order valence-corrected chi connectivity index (χ3v) is 5.67. The molecule has 0 saturated carbocycles. The van der Waals surface area contributed by atoms with Crippen LogP contribution in [0.15, 0.2) is 55.1 Å². The van der Waals surface area contributed by atoms with Crippen molar-refractivity contribution < 1.29 is 14.7 Å². The van der Waals surface area contributed by atoms with Gasteiger partial charge in [0, 0.05) is 43.4 Å². The number of piperidine rings is 1. The van der Waals surface area contributed by atoms with E-state index in [1.807, 2.05) is 29.0 Å². The van der Waals surface area contributed by atoms with Crippen LogP contribution in [0.5, 0.6) is 0 Å². The second-order valence-electron chi connectivity index (χ2n) is 7.83. The van der Waals surface area contributed by atoms with Crippen molar-refractivity contribution in [2.45, 2.75) is 38.0 Å². The van der Waals surface area contributed by atoms with Crippen molar-refractivity contribution in [1.29, 1.82) is 0 Å². The zero-order valence-electron chi connectivity index (χ0n) is 16.9. The molecule has 0 aliphatic carbocycles. The zero-order valence-corrected chi connectivity index (χ0v) is 16.9. The lowest BCUT2D eigenvalue weighted by molar-refractivity contribution is -0.137. The van der Waals surface area contributed by atoms with Crippen LogP contribution in [0.25, 0.3) is 11.0 Å². The summed E-state index contributed by atoms with van der Waals surface area (Å²) < 4.78 is 2.01. The summed E-state index contributed by atoms with van der Waals surface area (Å²) in [7, 11) is 0. The van der Waals surface area contributed by atoms with Gasteiger partial charge in [-0.1, -0.05) is 0 Å². The Kier molecular flexibility index (Phi) is 5.50. The molecular formula is C22H25N5O3. The fourth-order valence-electron chi connectivity index (χ4n) is 3.90. The minimum Gasteiger partial charge on any atom is -0.388 e. The Balaban J connectivity index is 1.34. The first kappa shape index (κ1) is 20.0. The van der Waals surface area contributed by atoms with Crippen molar-refractivity contribution in [1.82, 2.24) is 24.8 Å². The van der Waals surface area contributed by atoms with E-state index in [4.69, 9.17) is 0 Å². The maximum absolute atomic E-state index is 12.8. The Morgan fingerprint density at radius 1 is 1.17 bits per heavy atom. The average molecular weight is 407 g/mol. The highest BCUT2D eigenvalue weighted by atomic mass is 16.3. The lowest BCUT2D eigenvalue weighted by atomic mass is 9.91. The molecule has 4 heterocycles. The predicted octanol–water partition coefficient (Wildman–Crippen LogP) is 1.60. The van der Waals surface area contributed by atoms with Gasteiger partial charge in [0.1, 0.15) is 6.04 Å². The molecule has 1 atom stereocenters. The molecule has 1 aliphatic heterocycles. The zero-order chi connectivity index (χ0) is 21.1. The molecule has 2 N–H and O–H groups in total. The largest absolute Gasteiger partial charge is 0.388 e. The van der Waals surface area contributed by atoms with Gasteiger partial charge in [-0.25, -0.2) is 0 Å².